The highest BCUT2D eigenvalue weighted by atomic mass is 16.2. The van der Waals surface area contributed by atoms with Gasteiger partial charge in [0, 0.05) is 42.6 Å². The Morgan fingerprint density at radius 2 is 2.08 bits per heavy atom. The number of urea groups is 1. The Balaban J connectivity index is 1.86. The third-order valence-corrected chi connectivity index (χ3v) is 3.75. The van der Waals surface area contributed by atoms with E-state index in [1.54, 1.807) is 31.0 Å². The van der Waals surface area contributed by atoms with Crippen molar-refractivity contribution in [2.75, 3.05) is 11.9 Å². The lowest BCUT2D eigenvalue weighted by Crippen LogP contribution is -2.28. The Hall–Kier alpha value is -3.75. The Bertz CT molecular complexity index is 1040. The molecule has 0 fully saturated rings. The van der Waals surface area contributed by atoms with Crippen molar-refractivity contribution in [3.63, 3.8) is 0 Å². The second-order valence-corrected chi connectivity index (χ2v) is 5.50. The van der Waals surface area contributed by atoms with Gasteiger partial charge in [-0.25, -0.2) is 24.7 Å². The number of benzene rings is 1. The molecule has 0 saturated heterocycles. The predicted octanol–water partition coefficient (Wildman–Crippen LogP) is 2.35. The van der Waals surface area contributed by atoms with E-state index in [4.69, 9.17) is 0 Å². The number of carbonyl (C=O) groups is 1. The van der Waals surface area contributed by atoms with Crippen molar-refractivity contribution >= 4 is 23.0 Å². The predicted molar refractivity (Wildman–Crippen MR) is 96.9 cm³/mol. The molecule has 0 bridgehead atoms. The first kappa shape index (κ1) is 15.8. The molecule has 130 valence electrons. The van der Waals surface area contributed by atoms with Crippen LogP contribution in [0.1, 0.15) is 6.92 Å². The summed E-state index contributed by atoms with van der Waals surface area (Å²) in [4.78, 5) is 32.2. The molecule has 3 aromatic heterocycles. The quantitative estimate of drug-likeness (QED) is 0.524. The number of rotatable bonds is 4. The third-order valence-electron chi connectivity index (χ3n) is 3.75. The lowest BCUT2D eigenvalue weighted by molar-refractivity contribution is 0.252. The van der Waals surface area contributed by atoms with Gasteiger partial charge in [0.25, 0.3) is 0 Å². The van der Waals surface area contributed by atoms with Gasteiger partial charge in [0.2, 0.25) is 5.95 Å². The van der Waals surface area contributed by atoms with Crippen molar-refractivity contribution in [3.05, 3.63) is 49.3 Å². The Morgan fingerprint density at radius 3 is 2.81 bits per heavy atom. The van der Waals surface area contributed by atoms with Crippen LogP contribution in [0.25, 0.3) is 28.1 Å². The van der Waals surface area contributed by atoms with E-state index in [1.807, 2.05) is 29.8 Å². The van der Waals surface area contributed by atoms with Gasteiger partial charge in [0.05, 0.1) is 11.8 Å². The summed E-state index contributed by atoms with van der Waals surface area (Å²) in [6.45, 7) is 2.38. The molecule has 0 aliphatic carbocycles. The van der Waals surface area contributed by atoms with Crippen molar-refractivity contribution in [1.82, 2.24) is 34.8 Å². The summed E-state index contributed by atoms with van der Waals surface area (Å²) in [7, 11) is 0. The zero-order valence-electron chi connectivity index (χ0n) is 14.0. The highest BCUT2D eigenvalue weighted by Gasteiger charge is 2.15. The van der Waals surface area contributed by atoms with Crippen LogP contribution in [0.15, 0.2) is 49.3 Å². The van der Waals surface area contributed by atoms with E-state index in [1.165, 1.54) is 0 Å². The number of anilines is 1. The van der Waals surface area contributed by atoms with Crippen LogP contribution < -0.4 is 10.6 Å². The molecule has 4 rings (SSSR count). The molecule has 0 aliphatic heterocycles. The highest BCUT2D eigenvalue weighted by molar-refractivity contribution is 5.95. The maximum Gasteiger partial charge on any atom is 0.321 e. The van der Waals surface area contributed by atoms with Crippen LogP contribution in [0.3, 0.4) is 0 Å². The smallest absolute Gasteiger partial charge is 0.321 e. The molecular weight excluding hydrogens is 332 g/mol. The Kier molecular flexibility index (Phi) is 4.02. The summed E-state index contributed by atoms with van der Waals surface area (Å²) in [6, 6.07) is 5.31. The summed E-state index contributed by atoms with van der Waals surface area (Å²) < 4.78 is 1.88. The SMILES string of the molecule is CCNC(=O)Nc1nc2c(-c3ncccn3)cc(-n3ccnc3)cc2[nH]1. The van der Waals surface area contributed by atoms with Crippen molar-refractivity contribution in [2.24, 2.45) is 0 Å². The van der Waals surface area contributed by atoms with Gasteiger partial charge < -0.3 is 14.9 Å². The minimum absolute atomic E-state index is 0.320. The second-order valence-electron chi connectivity index (χ2n) is 5.50. The molecule has 3 heterocycles. The number of imidazole rings is 2. The molecule has 0 atom stereocenters. The van der Waals surface area contributed by atoms with Crippen LogP contribution in [-0.2, 0) is 0 Å². The fourth-order valence-electron chi connectivity index (χ4n) is 2.64. The fraction of sp³-hybridized carbons (Fsp3) is 0.118. The number of aromatic nitrogens is 6. The van der Waals surface area contributed by atoms with E-state index in [0.717, 1.165) is 16.8 Å². The topological polar surface area (TPSA) is 113 Å². The number of hydrogen-bond donors (Lipinski definition) is 3. The number of amides is 2. The van der Waals surface area contributed by atoms with Gasteiger partial charge in [-0.1, -0.05) is 0 Å². The van der Waals surface area contributed by atoms with Crippen molar-refractivity contribution in [2.45, 2.75) is 6.92 Å². The minimum atomic E-state index is -0.320. The zero-order valence-corrected chi connectivity index (χ0v) is 14.0. The normalized spacial score (nSPS) is 10.8. The van der Waals surface area contributed by atoms with Gasteiger partial charge in [0.15, 0.2) is 5.82 Å². The summed E-state index contributed by atoms with van der Waals surface area (Å²) in [6.07, 6.45) is 8.62. The van der Waals surface area contributed by atoms with E-state index in [9.17, 15) is 4.79 Å². The Labute approximate surface area is 148 Å². The van der Waals surface area contributed by atoms with E-state index < -0.39 is 0 Å². The summed E-state index contributed by atoms with van der Waals surface area (Å²) >= 11 is 0. The second kappa shape index (κ2) is 6.63. The molecule has 0 aliphatic rings. The maximum atomic E-state index is 11.8. The third kappa shape index (κ3) is 2.97. The molecule has 0 radical (unpaired) electrons. The molecular formula is C17H16N8O. The molecule has 2 amide bonds. The lowest BCUT2D eigenvalue weighted by atomic mass is 10.1. The number of H-pyrrole nitrogens is 1. The molecule has 0 saturated carbocycles. The van der Waals surface area contributed by atoms with Gasteiger partial charge in [-0.15, -0.1) is 0 Å². The van der Waals surface area contributed by atoms with Gasteiger partial charge >= 0.3 is 6.03 Å². The van der Waals surface area contributed by atoms with Crippen LogP contribution >= 0.6 is 0 Å². The molecule has 26 heavy (non-hydrogen) atoms. The van der Waals surface area contributed by atoms with Gasteiger partial charge in [-0.2, -0.15) is 0 Å². The van der Waals surface area contributed by atoms with Crippen LogP contribution in [-0.4, -0.2) is 42.1 Å². The van der Waals surface area contributed by atoms with Crippen LogP contribution in [0.4, 0.5) is 10.7 Å². The highest BCUT2D eigenvalue weighted by Crippen LogP contribution is 2.29. The number of hydrogen-bond acceptors (Lipinski definition) is 5. The number of fused-ring (bicyclic) bond motifs is 1. The van der Waals surface area contributed by atoms with Gasteiger partial charge in [0.1, 0.15) is 5.52 Å². The molecule has 1 aromatic carbocycles. The van der Waals surface area contributed by atoms with Gasteiger partial charge in [-0.05, 0) is 25.1 Å². The van der Waals surface area contributed by atoms with Crippen molar-refractivity contribution in [3.8, 4) is 17.1 Å². The van der Waals surface area contributed by atoms with Crippen LogP contribution in [0.5, 0.6) is 0 Å². The average molecular weight is 348 g/mol. The summed E-state index contributed by atoms with van der Waals surface area (Å²) in [5.41, 5.74) is 3.06. The summed E-state index contributed by atoms with van der Waals surface area (Å²) in [5.74, 6) is 0.904. The van der Waals surface area contributed by atoms with E-state index in [-0.39, 0.29) is 6.03 Å². The fourth-order valence-corrected chi connectivity index (χ4v) is 2.64. The van der Waals surface area contributed by atoms with Crippen LogP contribution in [0, 0.1) is 0 Å². The first-order valence-electron chi connectivity index (χ1n) is 8.09. The van der Waals surface area contributed by atoms with E-state index >= 15 is 0 Å². The van der Waals surface area contributed by atoms with E-state index in [2.05, 4.69) is 35.6 Å². The summed E-state index contributed by atoms with van der Waals surface area (Å²) in [5, 5.41) is 5.36. The number of carbonyl (C=O) groups excluding carboxylic acids is 1. The molecule has 9 heteroatoms. The lowest BCUT2D eigenvalue weighted by Gasteiger charge is -2.06. The zero-order chi connectivity index (χ0) is 17.9. The van der Waals surface area contributed by atoms with Crippen molar-refractivity contribution < 1.29 is 4.79 Å². The Morgan fingerprint density at radius 1 is 1.23 bits per heavy atom. The van der Waals surface area contributed by atoms with Gasteiger partial charge in [-0.3, -0.25) is 5.32 Å². The number of aromatic amines is 1. The van der Waals surface area contributed by atoms with Crippen LogP contribution in [0.2, 0.25) is 0 Å². The largest absolute Gasteiger partial charge is 0.338 e. The molecule has 0 spiro atoms. The first-order valence-corrected chi connectivity index (χ1v) is 8.09. The monoisotopic (exact) mass is 348 g/mol. The molecule has 9 nitrogen and oxygen atoms in total. The number of nitrogens with one attached hydrogen (secondary N) is 3. The van der Waals surface area contributed by atoms with E-state index in [0.29, 0.717) is 23.8 Å². The number of nitrogens with zero attached hydrogens (tertiary/aromatic N) is 5. The molecule has 3 N–H and O–H groups in total. The molecule has 4 aromatic rings. The minimum Gasteiger partial charge on any atom is -0.338 e. The molecule has 0 unspecified atom stereocenters. The average Bonchev–Trinajstić information content (AvgIpc) is 3.31. The standard InChI is InChI=1S/C17H16N8O/c1-2-19-17(26)24-16-22-13-9-11(25-7-6-18-10-25)8-12(14(13)23-16)15-20-4-3-5-21-15/h3-10H,2H2,1H3,(H3,19,22,23,24,26). The maximum absolute atomic E-state index is 11.8. The van der Waals surface area contributed by atoms with Crippen molar-refractivity contribution in [1.29, 1.82) is 0 Å². The first-order chi connectivity index (χ1) is 12.7.